The van der Waals surface area contributed by atoms with Crippen molar-refractivity contribution in [2.24, 2.45) is 5.73 Å². The fourth-order valence-electron chi connectivity index (χ4n) is 0.864. The van der Waals surface area contributed by atoms with Gasteiger partial charge in [0.05, 0.1) is 0 Å². The number of nitrogens with two attached hydrogens (primary N) is 1. The lowest BCUT2D eigenvalue weighted by Crippen LogP contribution is -2.10. The Labute approximate surface area is 95.6 Å². The minimum atomic E-state index is -0.434. The van der Waals surface area contributed by atoms with Gasteiger partial charge in [-0.15, -0.1) is 0 Å². The number of benzene rings is 1. The van der Waals surface area contributed by atoms with Crippen molar-refractivity contribution in [1.82, 2.24) is 5.32 Å². The van der Waals surface area contributed by atoms with E-state index in [9.17, 15) is 4.79 Å². The summed E-state index contributed by atoms with van der Waals surface area (Å²) in [5, 5.41) is 3.71. The van der Waals surface area contributed by atoms with Gasteiger partial charge in [0, 0.05) is 10.6 Å². The molecule has 1 aromatic carbocycles. The van der Waals surface area contributed by atoms with Gasteiger partial charge in [0.1, 0.15) is 0 Å². The second-order valence-corrected chi connectivity index (χ2v) is 3.26. The van der Waals surface area contributed by atoms with Crippen LogP contribution in [0.4, 0.5) is 0 Å². The first-order valence-corrected chi connectivity index (χ1v) is 5.25. The van der Waals surface area contributed by atoms with E-state index in [4.69, 9.17) is 17.3 Å². The maximum atomic E-state index is 10.5. The minimum Gasteiger partial charge on any atom is -0.366 e. The van der Waals surface area contributed by atoms with Crippen LogP contribution in [-0.4, -0.2) is 19.0 Å². The molecule has 0 radical (unpaired) electrons. The van der Waals surface area contributed by atoms with E-state index in [1.54, 1.807) is 24.3 Å². The molecule has 0 aliphatic rings. The van der Waals surface area contributed by atoms with Crippen molar-refractivity contribution in [1.29, 1.82) is 0 Å². The van der Waals surface area contributed by atoms with Crippen molar-refractivity contribution in [3.63, 3.8) is 0 Å². The summed E-state index contributed by atoms with van der Waals surface area (Å²) in [4.78, 5) is 10.5. The fourth-order valence-corrected chi connectivity index (χ4v) is 0.990. The van der Waals surface area contributed by atoms with Crippen LogP contribution < -0.4 is 11.1 Å². The lowest BCUT2D eigenvalue weighted by Gasteiger charge is -1.92. The van der Waals surface area contributed by atoms with Crippen LogP contribution in [0.15, 0.2) is 24.3 Å². The first-order valence-electron chi connectivity index (χ1n) is 4.87. The molecule has 3 nitrogen and oxygen atoms in total. The third-order valence-corrected chi connectivity index (χ3v) is 1.88. The van der Waals surface area contributed by atoms with Gasteiger partial charge in [-0.1, -0.05) is 25.4 Å². The van der Waals surface area contributed by atoms with Crippen LogP contribution in [0.2, 0.25) is 5.02 Å². The third kappa shape index (κ3) is 6.94. The quantitative estimate of drug-likeness (QED) is 0.832. The highest BCUT2D eigenvalue weighted by atomic mass is 35.5. The molecule has 1 rings (SSSR count). The van der Waals surface area contributed by atoms with Gasteiger partial charge in [0.2, 0.25) is 5.91 Å². The molecule has 84 valence electrons. The second kappa shape index (κ2) is 8.26. The summed E-state index contributed by atoms with van der Waals surface area (Å²) in [7, 11) is 0. The predicted octanol–water partition coefficient (Wildman–Crippen LogP) is 2.05. The number of carbonyl (C=O) groups is 1. The number of halogens is 1. The molecule has 0 fully saturated rings. The molecule has 0 aromatic heterocycles. The maximum absolute atomic E-state index is 10.5. The summed E-state index contributed by atoms with van der Waals surface area (Å²) in [6.45, 7) is 6.39. The molecule has 15 heavy (non-hydrogen) atoms. The molecule has 0 aliphatic carbocycles. The lowest BCUT2D eigenvalue weighted by molar-refractivity contribution is 0.100. The molecule has 0 saturated heterocycles. The molecule has 3 N–H and O–H groups in total. The Balaban J connectivity index is 0.000000336. The standard InChI is InChI=1S/C7H6ClNO.C4H11N/c8-6-3-1-5(2-4-6)7(9)10;1-3-5-4-2/h1-4H,(H2,9,10);5H,3-4H2,1-2H3. The number of rotatable bonds is 3. The minimum absolute atomic E-state index is 0.434. The van der Waals surface area contributed by atoms with Crippen LogP contribution >= 0.6 is 11.6 Å². The topological polar surface area (TPSA) is 55.1 Å². The molecule has 0 aliphatic heterocycles. The molecule has 0 saturated carbocycles. The van der Waals surface area contributed by atoms with Crippen LogP contribution in [0.3, 0.4) is 0 Å². The smallest absolute Gasteiger partial charge is 0.248 e. The molecule has 0 unspecified atom stereocenters. The van der Waals surface area contributed by atoms with E-state index >= 15 is 0 Å². The average Bonchev–Trinajstić information content (AvgIpc) is 2.20. The summed E-state index contributed by atoms with van der Waals surface area (Å²) in [6, 6.07) is 6.43. The molecular weight excluding hydrogens is 212 g/mol. The molecule has 4 heteroatoms. The van der Waals surface area contributed by atoms with Crippen molar-refractivity contribution >= 4 is 17.5 Å². The monoisotopic (exact) mass is 228 g/mol. The van der Waals surface area contributed by atoms with Crippen molar-refractivity contribution in [3.8, 4) is 0 Å². The van der Waals surface area contributed by atoms with E-state index in [-0.39, 0.29) is 0 Å². The number of carbonyl (C=O) groups excluding carboxylic acids is 1. The third-order valence-electron chi connectivity index (χ3n) is 1.63. The lowest BCUT2D eigenvalue weighted by atomic mass is 10.2. The number of hydrogen-bond donors (Lipinski definition) is 2. The summed E-state index contributed by atoms with van der Waals surface area (Å²) < 4.78 is 0. The zero-order valence-corrected chi connectivity index (χ0v) is 9.84. The Morgan fingerprint density at radius 2 is 1.73 bits per heavy atom. The zero-order valence-electron chi connectivity index (χ0n) is 9.09. The van der Waals surface area contributed by atoms with E-state index in [1.807, 2.05) is 0 Å². The van der Waals surface area contributed by atoms with Gasteiger partial charge in [-0.05, 0) is 37.4 Å². The predicted molar refractivity (Wildman–Crippen MR) is 64.2 cm³/mol. The fraction of sp³-hybridized carbons (Fsp3) is 0.364. The van der Waals surface area contributed by atoms with E-state index in [0.717, 1.165) is 13.1 Å². The zero-order chi connectivity index (χ0) is 11.7. The summed E-state index contributed by atoms with van der Waals surface area (Å²) in [5.74, 6) is -0.434. The average molecular weight is 229 g/mol. The molecule has 0 heterocycles. The first-order chi connectivity index (χ1) is 7.11. The van der Waals surface area contributed by atoms with Crippen molar-refractivity contribution < 1.29 is 4.79 Å². The van der Waals surface area contributed by atoms with Crippen molar-refractivity contribution in [2.45, 2.75) is 13.8 Å². The highest BCUT2D eigenvalue weighted by Crippen LogP contribution is 2.08. The SMILES string of the molecule is CCNCC.NC(=O)c1ccc(Cl)cc1. The number of amides is 1. The second-order valence-electron chi connectivity index (χ2n) is 2.83. The number of nitrogens with one attached hydrogen (secondary N) is 1. The molecule has 0 bridgehead atoms. The summed E-state index contributed by atoms with van der Waals surface area (Å²) >= 11 is 5.56. The molecule has 1 aromatic rings. The first kappa shape index (κ1) is 13.9. The Morgan fingerprint density at radius 1 is 1.27 bits per heavy atom. The van der Waals surface area contributed by atoms with Crippen LogP contribution in [0.25, 0.3) is 0 Å². The van der Waals surface area contributed by atoms with Gasteiger partial charge in [0.15, 0.2) is 0 Å². The van der Waals surface area contributed by atoms with Crippen LogP contribution in [0.1, 0.15) is 24.2 Å². The molecular formula is C11H17ClN2O. The van der Waals surface area contributed by atoms with Gasteiger partial charge in [-0.3, -0.25) is 4.79 Å². The Kier molecular flexibility index (Phi) is 7.68. The highest BCUT2D eigenvalue weighted by molar-refractivity contribution is 6.30. The van der Waals surface area contributed by atoms with Crippen molar-refractivity contribution in [3.05, 3.63) is 34.9 Å². The van der Waals surface area contributed by atoms with Crippen LogP contribution in [0.5, 0.6) is 0 Å². The van der Waals surface area contributed by atoms with Crippen LogP contribution in [-0.2, 0) is 0 Å². The van der Waals surface area contributed by atoms with E-state index in [0.29, 0.717) is 10.6 Å². The van der Waals surface area contributed by atoms with E-state index in [1.165, 1.54) is 0 Å². The highest BCUT2D eigenvalue weighted by Gasteiger charge is 1.96. The van der Waals surface area contributed by atoms with Crippen LogP contribution in [0, 0.1) is 0 Å². The van der Waals surface area contributed by atoms with Gasteiger partial charge in [0.25, 0.3) is 0 Å². The van der Waals surface area contributed by atoms with E-state index in [2.05, 4.69) is 19.2 Å². The normalized spacial score (nSPS) is 9.00. The largest absolute Gasteiger partial charge is 0.366 e. The Morgan fingerprint density at radius 3 is 2.00 bits per heavy atom. The van der Waals surface area contributed by atoms with Gasteiger partial charge in [-0.2, -0.15) is 0 Å². The molecule has 0 atom stereocenters. The Bertz CT molecular complexity index is 283. The van der Waals surface area contributed by atoms with Gasteiger partial charge >= 0.3 is 0 Å². The summed E-state index contributed by atoms with van der Waals surface area (Å²) in [5.41, 5.74) is 5.46. The summed E-state index contributed by atoms with van der Waals surface area (Å²) in [6.07, 6.45) is 0. The van der Waals surface area contributed by atoms with Gasteiger partial charge < -0.3 is 11.1 Å². The number of hydrogen-bond acceptors (Lipinski definition) is 2. The maximum Gasteiger partial charge on any atom is 0.248 e. The van der Waals surface area contributed by atoms with E-state index < -0.39 is 5.91 Å². The number of primary amides is 1. The van der Waals surface area contributed by atoms with Gasteiger partial charge in [-0.25, -0.2) is 0 Å². The molecule has 1 amide bonds. The Hall–Kier alpha value is -1.06. The molecule has 0 spiro atoms. The van der Waals surface area contributed by atoms with Crippen molar-refractivity contribution in [2.75, 3.05) is 13.1 Å².